The Morgan fingerprint density at radius 2 is 2.17 bits per heavy atom. The van der Waals surface area contributed by atoms with Crippen LogP contribution in [0.2, 0.25) is 0 Å². The molecule has 0 aliphatic carbocycles. The third-order valence-corrected chi connectivity index (χ3v) is 2.20. The van der Waals surface area contributed by atoms with Gasteiger partial charge in [0.05, 0.1) is 4.47 Å². The molecular formula is C9H9BrN2. The van der Waals surface area contributed by atoms with E-state index in [4.69, 9.17) is 5.26 Å². The number of hydrogen-bond acceptors (Lipinski definition) is 2. The number of aromatic nitrogens is 1. The summed E-state index contributed by atoms with van der Waals surface area (Å²) >= 11 is 3.25. The van der Waals surface area contributed by atoms with Crippen LogP contribution in [0, 0.1) is 11.3 Å². The van der Waals surface area contributed by atoms with Crippen molar-refractivity contribution >= 4 is 15.9 Å². The number of pyridine rings is 1. The van der Waals surface area contributed by atoms with E-state index >= 15 is 0 Å². The molecule has 0 aromatic carbocycles. The lowest BCUT2D eigenvalue weighted by molar-refractivity contribution is 0.818. The molecule has 0 amide bonds. The third kappa shape index (κ3) is 1.83. The summed E-state index contributed by atoms with van der Waals surface area (Å²) in [6, 6.07) is 5.82. The van der Waals surface area contributed by atoms with E-state index in [9.17, 15) is 0 Å². The number of rotatable bonds is 1. The molecule has 0 saturated carbocycles. The van der Waals surface area contributed by atoms with Crippen LogP contribution in [-0.2, 0) is 0 Å². The summed E-state index contributed by atoms with van der Waals surface area (Å²) < 4.78 is 0.759. The maximum Gasteiger partial charge on any atom is 0.154 e. The quantitative estimate of drug-likeness (QED) is 0.736. The Labute approximate surface area is 80.4 Å². The first-order valence-electron chi connectivity index (χ1n) is 3.71. The molecule has 0 aliphatic heterocycles. The molecule has 0 spiro atoms. The van der Waals surface area contributed by atoms with Crippen molar-refractivity contribution in [2.45, 2.75) is 19.8 Å². The van der Waals surface area contributed by atoms with E-state index in [1.807, 2.05) is 18.2 Å². The third-order valence-electron chi connectivity index (χ3n) is 1.56. The predicted molar refractivity (Wildman–Crippen MR) is 50.7 cm³/mol. The molecule has 0 N–H and O–H groups in total. The highest BCUT2D eigenvalue weighted by molar-refractivity contribution is 9.10. The highest BCUT2D eigenvalue weighted by Gasteiger charge is 2.04. The molecule has 3 heteroatoms. The van der Waals surface area contributed by atoms with E-state index in [0.717, 1.165) is 10.2 Å². The van der Waals surface area contributed by atoms with Crippen LogP contribution in [-0.4, -0.2) is 4.98 Å². The highest BCUT2D eigenvalue weighted by Crippen LogP contribution is 2.18. The minimum Gasteiger partial charge on any atom is -0.241 e. The molecule has 0 unspecified atom stereocenters. The molecule has 0 fully saturated rings. The van der Waals surface area contributed by atoms with Gasteiger partial charge in [-0.2, -0.15) is 5.26 Å². The Morgan fingerprint density at radius 1 is 1.50 bits per heavy atom. The average molecular weight is 225 g/mol. The molecule has 1 rings (SSSR count). The van der Waals surface area contributed by atoms with Crippen LogP contribution in [0.4, 0.5) is 0 Å². The van der Waals surface area contributed by atoms with Gasteiger partial charge in [-0.25, -0.2) is 4.98 Å². The van der Waals surface area contributed by atoms with E-state index in [2.05, 4.69) is 34.8 Å². The summed E-state index contributed by atoms with van der Waals surface area (Å²) in [7, 11) is 0. The van der Waals surface area contributed by atoms with Crippen molar-refractivity contribution in [3.05, 3.63) is 28.0 Å². The zero-order valence-corrected chi connectivity index (χ0v) is 8.59. The van der Waals surface area contributed by atoms with Gasteiger partial charge in [-0.1, -0.05) is 13.8 Å². The van der Waals surface area contributed by atoms with Crippen molar-refractivity contribution in [1.82, 2.24) is 4.98 Å². The molecule has 2 nitrogen and oxygen atoms in total. The maximum atomic E-state index is 8.68. The van der Waals surface area contributed by atoms with Crippen LogP contribution < -0.4 is 0 Å². The van der Waals surface area contributed by atoms with Crippen molar-refractivity contribution in [2.75, 3.05) is 0 Å². The molecule has 0 radical (unpaired) electrons. The normalized spacial score (nSPS) is 9.92. The number of nitriles is 1. The molecule has 0 atom stereocenters. The lowest BCUT2D eigenvalue weighted by Gasteiger charge is -2.04. The summed E-state index contributed by atoms with van der Waals surface area (Å²) in [6.07, 6.45) is 0. The minimum atomic E-state index is 0.366. The van der Waals surface area contributed by atoms with Gasteiger partial charge in [-0.3, -0.25) is 0 Å². The van der Waals surface area contributed by atoms with Gasteiger partial charge in [0.25, 0.3) is 0 Å². The van der Waals surface area contributed by atoms with Crippen LogP contribution >= 0.6 is 15.9 Å². The first kappa shape index (κ1) is 9.21. The van der Waals surface area contributed by atoms with Crippen molar-refractivity contribution in [2.24, 2.45) is 0 Å². The molecule has 1 heterocycles. The second-order valence-corrected chi connectivity index (χ2v) is 3.69. The topological polar surface area (TPSA) is 36.7 Å². The number of nitrogens with zero attached hydrogens (tertiary/aromatic N) is 2. The lowest BCUT2D eigenvalue weighted by Crippen LogP contribution is -1.95. The number of hydrogen-bond donors (Lipinski definition) is 0. The Morgan fingerprint density at radius 3 is 2.67 bits per heavy atom. The Hall–Kier alpha value is -0.880. The highest BCUT2D eigenvalue weighted by atomic mass is 79.9. The molecule has 0 bridgehead atoms. The van der Waals surface area contributed by atoms with Crippen molar-refractivity contribution < 1.29 is 0 Å². The van der Waals surface area contributed by atoms with Crippen LogP contribution in [0.15, 0.2) is 16.6 Å². The van der Waals surface area contributed by atoms with Crippen molar-refractivity contribution in [3.8, 4) is 6.07 Å². The van der Waals surface area contributed by atoms with Crippen LogP contribution in [0.1, 0.15) is 31.2 Å². The first-order valence-corrected chi connectivity index (χ1v) is 4.51. The predicted octanol–water partition coefficient (Wildman–Crippen LogP) is 2.84. The molecule has 12 heavy (non-hydrogen) atoms. The smallest absolute Gasteiger partial charge is 0.154 e. The monoisotopic (exact) mass is 224 g/mol. The molecule has 0 aliphatic rings. The van der Waals surface area contributed by atoms with Gasteiger partial charge in [0.1, 0.15) is 6.07 Å². The molecular weight excluding hydrogens is 216 g/mol. The van der Waals surface area contributed by atoms with Crippen molar-refractivity contribution in [3.63, 3.8) is 0 Å². The van der Waals surface area contributed by atoms with E-state index in [0.29, 0.717) is 11.6 Å². The average Bonchev–Trinajstić information content (AvgIpc) is 2.05. The largest absolute Gasteiger partial charge is 0.241 e. The van der Waals surface area contributed by atoms with E-state index < -0.39 is 0 Å². The Balaban J connectivity index is 3.16. The zero-order chi connectivity index (χ0) is 9.14. The Bertz CT molecular complexity index is 326. The van der Waals surface area contributed by atoms with Gasteiger partial charge in [-0.05, 0) is 34.0 Å². The lowest BCUT2D eigenvalue weighted by atomic mass is 10.1. The second kappa shape index (κ2) is 3.68. The fraction of sp³-hybridized carbons (Fsp3) is 0.333. The second-order valence-electron chi connectivity index (χ2n) is 2.83. The van der Waals surface area contributed by atoms with E-state index in [-0.39, 0.29) is 0 Å². The van der Waals surface area contributed by atoms with Gasteiger partial charge < -0.3 is 0 Å². The van der Waals surface area contributed by atoms with Crippen LogP contribution in [0.25, 0.3) is 0 Å². The molecule has 1 aromatic heterocycles. The molecule has 62 valence electrons. The standard InChI is InChI=1S/C9H9BrN2/c1-6(2)8-4-3-7(10)9(5-11)12-8/h3-4,6H,1-2H3. The van der Waals surface area contributed by atoms with Gasteiger partial charge in [0.2, 0.25) is 0 Å². The van der Waals surface area contributed by atoms with E-state index in [1.165, 1.54) is 0 Å². The van der Waals surface area contributed by atoms with E-state index in [1.54, 1.807) is 0 Å². The molecule has 0 saturated heterocycles. The van der Waals surface area contributed by atoms with Gasteiger partial charge in [0, 0.05) is 5.69 Å². The first-order chi connectivity index (χ1) is 5.65. The summed E-state index contributed by atoms with van der Waals surface area (Å²) in [5.74, 6) is 0.366. The summed E-state index contributed by atoms with van der Waals surface area (Å²) in [4.78, 5) is 4.18. The fourth-order valence-corrected chi connectivity index (χ4v) is 1.17. The fourth-order valence-electron chi connectivity index (χ4n) is 0.857. The van der Waals surface area contributed by atoms with Gasteiger partial charge in [-0.15, -0.1) is 0 Å². The Kier molecular flexibility index (Phi) is 2.83. The van der Waals surface area contributed by atoms with Crippen LogP contribution in [0.3, 0.4) is 0 Å². The SMILES string of the molecule is CC(C)c1ccc(Br)c(C#N)n1. The summed E-state index contributed by atoms with van der Waals surface area (Å²) in [5.41, 5.74) is 1.41. The number of halogens is 1. The summed E-state index contributed by atoms with van der Waals surface area (Å²) in [5, 5.41) is 8.68. The maximum absolute atomic E-state index is 8.68. The minimum absolute atomic E-state index is 0.366. The van der Waals surface area contributed by atoms with Gasteiger partial charge >= 0.3 is 0 Å². The van der Waals surface area contributed by atoms with Gasteiger partial charge in [0.15, 0.2) is 5.69 Å². The van der Waals surface area contributed by atoms with Crippen LogP contribution in [0.5, 0.6) is 0 Å². The summed E-state index contributed by atoms with van der Waals surface area (Å²) in [6.45, 7) is 4.11. The zero-order valence-electron chi connectivity index (χ0n) is 7.00. The molecule has 1 aromatic rings. The van der Waals surface area contributed by atoms with Crippen molar-refractivity contribution in [1.29, 1.82) is 5.26 Å².